The molecule has 0 bridgehead atoms. The molecule has 1 N–H and O–H groups in total. The molecule has 0 radical (unpaired) electrons. The van der Waals surface area contributed by atoms with Crippen molar-refractivity contribution in [2.75, 3.05) is 37.1 Å². The minimum Gasteiger partial charge on any atom is -0.497 e. The third-order valence-corrected chi connectivity index (χ3v) is 3.20. The first-order valence-electron chi connectivity index (χ1n) is 5.63. The first-order valence-corrected chi connectivity index (χ1v) is 5.63. The van der Waals surface area contributed by atoms with Crippen LogP contribution in [0.3, 0.4) is 0 Å². The fourth-order valence-corrected chi connectivity index (χ4v) is 2.32. The van der Waals surface area contributed by atoms with Gasteiger partial charge in [0.05, 0.1) is 31.7 Å². The first kappa shape index (κ1) is 10.4. The van der Waals surface area contributed by atoms with E-state index >= 15 is 0 Å². The van der Waals surface area contributed by atoms with E-state index < -0.39 is 0 Å². The van der Waals surface area contributed by atoms with Crippen LogP contribution in [-0.4, -0.2) is 38.8 Å². The van der Waals surface area contributed by atoms with E-state index in [1.165, 1.54) is 0 Å². The quantitative estimate of drug-likeness (QED) is 0.782. The van der Waals surface area contributed by atoms with E-state index in [-0.39, 0.29) is 11.9 Å². The Morgan fingerprint density at radius 3 is 3.24 bits per heavy atom. The molecule has 0 spiro atoms. The van der Waals surface area contributed by atoms with Gasteiger partial charge in [-0.05, 0) is 12.1 Å². The largest absolute Gasteiger partial charge is 0.497 e. The number of anilines is 2. The number of carbonyl (C=O) groups is 1. The highest BCUT2D eigenvalue weighted by atomic mass is 16.5. The average molecular weight is 234 g/mol. The maximum Gasteiger partial charge on any atom is 0.249 e. The average Bonchev–Trinajstić information content (AvgIpc) is 2.38. The lowest BCUT2D eigenvalue weighted by Gasteiger charge is -2.40. The molecule has 1 amide bonds. The third kappa shape index (κ3) is 1.63. The number of hydrogen-bond acceptors (Lipinski definition) is 4. The number of hydrogen-bond donors (Lipinski definition) is 1. The van der Waals surface area contributed by atoms with E-state index in [0.29, 0.717) is 13.2 Å². The second kappa shape index (κ2) is 3.92. The number of morpholine rings is 1. The van der Waals surface area contributed by atoms with Gasteiger partial charge in [0.15, 0.2) is 0 Å². The number of rotatable bonds is 1. The number of nitrogens with zero attached hydrogens (tertiary/aromatic N) is 1. The van der Waals surface area contributed by atoms with Crippen molar-refractivity contribution in [3.05, 3.63) is 18.2 Å². The van der Waals surface area contributed by atoms with Crippen LogP contribution in [0.2, 0.25) is 0 Å². The molecule has 2 aliphatic rings. The van der Waals surface area contributed by atoms with Crippen molar-refractivity contribution in [1.29, 1.82) is 0 Å². The molecule has 5 heteroatoms. The molecule has 1 aromatic carbocycles. The number of benzene rings is 1. The highest BCUT2D eigenvalue weighted by Gasteiger charge is 2.35. The Labute approximate surface area is 99.3 Å². The highest BCUT2D eigenvalue weighted by Crippen LogP contribution is 2.35. The van der Waals surface area contributed by atoms with Crippen LogP contribution in [0.25, 0.3) is 0 Å². The van der Waals surface area contributed by atoms with Crippen molar-refractivity contribution in [1.82, 2.24) is 0 Å². The molecule has 3 rings (SSSR count). The monoisotopic (exact) mass is 234 g/mol. The van der Waals surface area contributed by atoms with E-state index in [1.807, 2.05) is 18.2 Å². The summed E-state index contributed by atoms with van der Waals surface area (Å²) in [6, 6.07) is 5.53. The maximum absolute atomic E-state index is 11.9. The minimum absolute atomic E-state index is 0.00884. The molecule has 1 aromatic rings. The van der Waals surface area contributed by atoms with Gasteiger partial charge in [0.2, 0.25) is 5.91 Å². The number of carbonyl (C=O) groups excluding carboxylic acids is 1. The van der Waals surface area contributed by atoms with Gasteiger partial charge in [-0.1, -0.05) is 0 Å². The predicted octanol–water partition coefficient (Wildman–Crippen LogP) is 0.852. The van der Waals surface area contributed by atoms with E-state index in [2.05, 4.69) is 10.2 Å². The van der Waals surface area contributed by atoms with E-state index in [1.54, 1.807) is 7.11 Å². The lowest BCUT2D eigenvalue weighted by atomic mass is 10.1. The summed E-state index contributed by atoms with van der Waals surface area (Å²) in [4.78, 5) is 14.0. The fourth-order valence-electron chi connectivity index (χ4n) is 2.32. The Bertz CT molecular complexity index is 461. The number of amides is 1. The Hall–Kier alpha value is -1.75. The van der Waals surface area contributed by atoms with Crippen molar-refractivity contribution in [3.63, 3.8) is 0 Å². The summed E-state index contributed by atoms with van der Waals surface area (Å²) in [5.74, 6) is 0.737. The maximum atomic E-state index is 11.9. The summed E-state index contributed by atoms with van der Waals surface area (Å²) in [6.07, 6.45) is 0. The van der Waals surface area contributed by atoms with Crippen molar-refractivity contribution >= 4 is 17.3 Å². The molecule has 2 aliphatic heterocycles. The van der Waals surface area contributed by atoms with Crippen LogP contribution in [0.4, 0.5) is 11.4 Å². The zero-order chi connectivity index (χ0) is 11.8. The number of fused-ring (bicyclic) bond motifs is 3. The Balaban J connectivity index is 2.02. The topological polar surface area (TPSA) is 50.8 Å². The second-order valence-electron chi connectivity index (χ2n) is 4.16. The van der Waals surface area contributed by atoms with Crippen molar-refractivity contribution in [3.8, 4) is 5.75 Å². The second-order valence-corrected chi connectivity index (χ2v) is 4.16. The van der Waals surface area contributed by atoms with Crippen LogP contribution < -0.4 is 15.0 Å². The van der Waals surface area contributed by atoms with Gasteiger partial charge in [-0.15, -0.1) is 0 Å². The van der Waals surface area contributed by atoms with Gasteiger partial charge in [-0.3, -0.25) is 4.79 Å². The molecule has 1 atom stereocenters. The summed E-state index contributed by atoms with van der Waals surface area (Å²) in [7, 11) is 1.61. The number of methoxy groups -OCH3 is 1. The van der Waals surface area contributed by atoms with E-state index in [0.717, 1.165) is 23.7 Å². The molecule has 1 saturated heterocycles. The Kier molecular flexibility index (Phi) is 2.40. The van der Waals surface area contributed by atoms with Gasteiger partial charge in [-0.2, -0.15) is 0 Å². The summed E-state index contributed by atoms with van der Waals surface area (Å²) in [5, 5.41) is 2.89. The predicted molar refractivity (Wildman–Crippen MR) is 63.6 cm³/mol. The van der Waals surface area contributed by atoms with Gasteiger partial charge >= 0.3 is 0 Å². The minimum atomic E-state index is -0.204. The normalized spacial score (nSPS) is 22.5. The van der Waals surface area contributed by atoms with Gasteiger partial charge in [0.25, 0.3) is 0 Å². The highest BCUT2D eigenvalue weighted by molar-refractivity contribution is 6.04. The van der Waals surface area contributed by atoms with Crippen LogP contribution >= 0.6 is 0 Å². The molecule has 0 saturated carbocycles. The van der Waals surface area contributed by atoms with Gasteiger partial charge in [-0.25, -0.2) is 0 Å². The molecule has 0 aliphatic carbocycles. The van der Waals surface area contributed by atoms with Crippen molar-refractivity contribution < 1.29 is 14.3 Å². The Morgan fingerprint density at radius 1 is 1.53 bits per heavy atom. The molecular formula is C12H14N2O3. The molecule has 2 heterocycles. The van der Waals surface area contributed by atoms with Crippen LogP contribution in [0.1, 0.15) is 0 Å². The molecular weight excluding hydrogens is 220 g/mol. The van der Waals surface area contributed by atoms with E-state index in [9.17, 15) is 4.79 Å². The van der Waals surface area contributed by atoms with Crippen LogP contribution in [0.15, 0.2) is 18.2 Å². The standard InChI is InChI=1S/C12H14N2O3/c1-16-8-2-3-10-9(6-8)13-12(15)11-7-17-5-4-14(10)11/h2-3,6,11H,4-5,7H2,1H3,(H,13,15). The van der Waals surface area contributed by atoms with Gasteiger partial charge < -0.3 is 19.7 Å². The lowest BCUT2D eigenvalue weighted by molar-refractivity contribution is -0.119. The molecule has 1 fully saturated rings. The smallest absolute Gasteiger partial charge is 0.249 e. The van der Waals surface area contributed by atoms with Crippen molar-refractivity contribution in [2.24, 2.45) is 0 Å². The summed E-state index contributed by atoms with van der Waals surface area (Å²) in [5.41, 5.74) is 1.85. The molecule has 0 aromatic heterocycles. The summed E-state index contributed by atoms with van der Waals surface area (Å²) < 4.78 is 10.5. The molecule has 5 nitrogen and oxygen atoms in total. The SMILES string of the molecule is COc1ccc2c(c1)NC(=O)C1COCCN21. The Morgan fingerprint density at radius 2 is 2.41 bits per heavy atom. The number of nitrogens with one attached hydrogen (secondary N) is 1. The van der Waals surface area contributed by atoms with Crippen LogP contribution in [0.5, 0.6) is 5.75 Å². The zero-order valence-electron chi connectivity index (χ0n) is 9.60. The van der Waals surface area contributed by atoms with Crippen molar-refractivity contribution in [2.45, 2.75) is 6.04 Å². The van der Waals surface area contributed by atoms with Gasteiger partial charge in [0.1, 0.15) is 11.8 Å². The fraction of sp³-hybridized carbons (Fsp3) is 0.417. The molecule has 90 valence electrons. The lowest BCUT2D eigenvalue weighted by Crippen LogP contribution is -2.54. The van der Waals surface area contributed by atoms with Crippen LogP contribution in [-0.2, 0) is 9.53 Å². The first-order chi connectivity index (χ1) is 8.29. The molecule has 1 unspecified atom stereocenters. The van der Waals surface area contributed by atoms with Crippen LogP contribution in [0, 0.1) is 0 Å². The van der Waals surface area contributed by atoms with E-state index in [4.69, 9.17) is 9.47 Å². The summed E-state index contributed by atoms with van der Waals surface area (Å²) >= 11 is 0. The summed E-state index contributed by atoms with van der Waals surface area (Å²) in [6.45, 7) is 1.87. The molecule has 17 heavy (non-hydrogen) atoms. The third-order valence-electron chi connectivity index (χ3n) is 3.20. The number of ether oxygens (including phenoxy) is 2. The van der Waals surface area contributed by atoms with Gasteiger partial charge in [0, 0.05) is 12.6 Å². The zero-order valence-corrected chi connectivity index (χ0v) is 9.60.